The van der Waals surface area contributed by atoms with Crippen LogP contribution in [0.15, 0.2) is 35.3 Å². The van der Waals surface area contributed by atoms with Gasteiger partial charge < -0.3 is 19.9 Å². The molecule has 1 atom stereocenters. The molecule has 30 heavy (non-hydrogen) atoms. The van der Waals surface area contributed by atoms with Gasteiger partial charge in [-0.2, -0.15) is 0 Å². The maximum Gasteiger partial charge on any atom is 0.232 e. The van der Waals surface area contributed by atoms with Gasteiger partial charge in [0.1, 0.15) is 0 Å². The largest absolute Gasteiger partial charge is 0.378 e. The molecule has 0 bridgehead atoms. The molecule has 168 valence electrons. The lowest BCUT2D eigenvalue weighted by atomic mass is 9.65. The Morgan fingerprint density at radius 2 is 1.80 bits per heavy atom. The lowest BCUT2D eigenvalue weighted by Crippen LogP contribution is -2.72. The Morgan fingerprint density at radius 3 is 2.33 bits per heavy atom. The zero-order valence-electron chi connectivity index (χ0n) is 19.0. The molecule has 0 aromatic heterocycles. The van der Waals surface area contributed by atoms with Gasteiger partial charge in [0.25, 0.3) is 0 Å². The topological polar surface area (TPSA) is 57.2 Å². The highest BCUT2D eigenvalue weighted by Crippen LogP contribution is 2.46. The van der Waals surface area contributed by atoms with Crippen molar-refractivity contribution in [2.24, 2.45) is 10.4 Å². The Hall–Kier alpha value is -1.35. The molecule has 2 saturated heterocycles. The predicted octanol–water partition coefficient (Wildman–Crippen LogP) is 3.33. The Labute approximate surface area is 198 Å². The smallest absolute Gasteiger partial charge is 0.232 e. The Morgan fingerprint density at radius 1 is 1.17 bits per heavy atom. The van der Waals surface area contributed by atoms with E-state index in [-0.39, 0.29) is 46.8 Å². The molecule has 1 aromatic rings. The number of nitrogens with zero attached hydrogens (tertiary/aromatic N) is 3. The van der Waals surface area contributed by atoms with Crippen molar-refractivity contribution in [2.45, 2.75) is 46.1 Å². The van der Waals surface area contributed by atoms with Gasteiger partial charge in [-0.05, 0) is 26.3 Å². The van der Waals surface area contributed by atoms with Crippen LogP contribution in [0.5, 0.6) is 0 Å². The summed E-state index contributed by atoms with van der Waals surface area (Å²) >= 11 is 0. The van der Waals surface area contributed by atoms with Gasteiger partial charge in [0.15, 0.2) is 5.96 Å². The van der Waals surface area contributed by atoms with Crippen molar-refractivity contribution in [2.75, 3.05) is 45.9 Å². The Bertz CT molecular complexity index is 730. The van der Waals surface area contributed by atoms with Crippen molar-refractivity contribution in [3.05, 3.63) is 35.9 Å². The first kappa shape index (κ1) is 24.9. The number of rotatable bonds is 5. The highest BCUT2D eigenvalue weighted by molar-refractivity contribution is 14.0. The molecule has 6 nitrogen and oxygen atoms in total. The quantitative estimate of drug-likeness (QED) is 0.362. The van der Waals surface area contributed by atoms with E-state index in [0.29, 0.717) is 32.8 Å². The molecule has 1 unspecified atom stereocenters. The second kappa shape index (κ2) is 10.3. The molecule has 2 fully saturated rings. The van der Waals surface area contributed by atoms with E-state index < -0.39 is 0 Å². The molecular weight excluding hydrogens is 491 g/mol. The van der Waals surface area contributed by atoms with E-state index >= 15 is 0 Å². The number of likely N-dealkylation sites (tertiary alicyclic amines) is 1. The number of carbonyl (C=O) groups excluding carboxylic acids is 1. The average Bonchev–Trinajstić information content (AvgIpc) is 2.73. The number of halogens is 1. The molecular formula is C23H37IN4O2. The molecule has 0 spiro atoms. The van der Waals surface area contributed by atoms with Crippen LogP contribution in [-0.2, 0) is 9.53 Å². The number of hydrogen-bond donors (Lipinski definition) is 1. The standard InChI is InChI=1S/C23H36N4O2.HI/c1-6-24-21(27-17-22(2,3)23(27,4)5)25-16-19(18-10-8-7-9-11-18)20(28)26-12-14-29-15-13-26;/h7-11,19H,6,12-17H2,1-5H3,(H,24,25);1H. The van der Waals surface area contributed by atoms with Gasteiger partial charge in [0.2, 0.25) is 5.91 Å². The first-order valence-corrected chi connectivity index (χ1v) is 10.8. The molecule has 1 amide bonds. The van der Waals surface area contributed by atoms with E-state index in [0.717, 1.165) is 24.6 Å². The Kier molecular flexibility index (Phi) is 8.56. The van der Waals surface area contributed by atoms with Gasteiger partial charge in [-0.15, -0.1) is 24.0 Å². The minimum absolute atomic E-state index is 0. The summed E-state index contributed by atoms with van der Waals surface area (Å²) in [6, 6.07) is 10.0. The molecule has 0 saturated carbocycles. The second-order valence-corrected chi connectivity index (χ2v) is 9.12. The van der Waals surface area contributed by atoms with Gasteiger partial charge in [-0.25, -0.2) is 0 Å². The number of guanidine groups is 1. The van der Waals surface area contributed by atoms with Crippen molar-refractivity contribution < 1.29 is 9.53 Å². The molecule has 1 N–H and O–H groups in total. The third-order valence-electron chi connectivity index (χ3n) is 6.72. The van der Waals surface area contributed by atoms with Crippen LogP contribution in [0.25, 0.3) is 0 Å². The monoisotopic (exact) mass is 528 g/mol. The fourth-order valence-corrected chi connectivity index (χ4v) is 3.99. The number of nitrogens with one attached hydrogen (secondary N) is 1. The van der Waals surface area contributed by atoms with Crippen LogP contribution in [-0.4, -0.2) is 73.1 Å². The maximum atomic E-state index is 13.3. The van der Waals surface area contributed by atoms with Crippen LogP contribution < -0.4 is 5.32 Å². The van der Waals surface area contributed by atoms with E-state index in [1.165, 1.54) is 0 Å². The van der Waals surface area contributed by atoms with Crippen molar-refractivity contribution in [3.8, 4) is 0 Å². The number of amides is 1. The van der Waals surface area contributed by atoms with Crippen LogP contribution in [0.2, 0.25) is 0 Å². The van der Waals surface area contributed by atoms with Gasteiger partial charge in [0.05, 0.1) is 25.7 Å². The first-order valence-electron chi connectivity index (χ1n) is 10.8. The van der Waals surface area contributed by atoms with Crippen LogP contribution in [0.1, 0.15) is 46.1 Å². The normalized spacial score (nSPS) is 21.3. The molecule has 2 heterocycles. The maximum absolute atomic E-state index is 13.3. The van der Waals surface area contributed by atoms with Crippen molar-refractivity contribution in [1.82, 2.24) is 15.1 Å². The summed E-state index contributed by atoms with van der Waals surface area (Å²) in [5, 5.41) is 3.43. The number of carbonyl (C=O) groups is 1. The highest BCUT2D eigenvalue weighted by atomic mass is 127. The van der Waals surface area contributed by atoms with E-state index in [4.69, 9.17) is 9.73 Å². The zero-order valence-corrected chi connectivity index (χ0v) is 21.3. The molecule has 1 aromatic carbocycles. The van der Waals surface area contributed by atoms with Gasteiger partial charge in [-0.1, -0.05) is 44.2 Å². The number of hydrogen-bond acceptors (Lipinski definition) is 3. The number of aliphatic imine (C=N–C) groups is 1. The summed E-state index contributed by atoms with van der Waals surface area (Å²) in [6.45, 7) is 15.9. The molecule has 0 radical (unpaired) electrons. The molecule has 2 aliphatic heterocycles. The molecule has 2 aliphatic rings. The highest BCUT2D eigenvalue weighted by Gasteiger charge is 2.53. The number of morpholine rings is 1. The third-order valence-corrected chi connectivity index (χ3v) is 6.72. The van der Waals surface area contributed by atoms with Crippen LogP contribution in [0.3, 0.4) is 0 Å². The van der Waals surface area contributed by atoms with Crippen LogP contribution >= 0.6 is 24.0 Å². The van der Waals surface area contributed by atoms with E-state index in [1.54, 1.807) is 0 Å². The third kappa shape index (κ3) is 5.10. The van der Waals surface area contributed by atoms with Crippen LogP contribution in [0.4, 0.5) is 0 Å². The first-order chi connectivity index (χ1) is 13.8. The van der Waals surface area contributed by atoms with Crippen molar-refractivity contribution in [3.63, 3.8) is 0 Å². The minimum atomic E-state index is -0.277. The molecule has 7 heteroatoms. The summed E-state index contributed by atoms with van der Waals surface area (Å²) in [7, 11) is 0. The summed E-state index contributed by atoms with van der Waals surface area (Å²) in [6.07, 6.45) is 0. The molecule has 3 rings (SSSR count). The van der Waals surface area contributed by atoms with Crippen molar-refractivity contribution >= 4 is 35.8 Å². The minimum Gasteiger partial charge on any atom is -0.378 e. The fourth-order valence-electron chi connectivity index (χ4n) is 3.99. The number of benzene rings is 1. The predicted molar refractivity (Wildman–Crippen MR) is 133 cm³/mol. The van der Waals surface area contributed by atoms with E-state index in [9.17, 15) is 4.79 Å². The zero-order chi connectivity index (χ0) is 21.1. The van der Waals surface area contributed by atoms with Gasteiger partial charge >= 0.3 is 0 Å². The fraction of sp³-hybridized carbons (Fsp3) is 0.652. The SMILES string of the molecule is CCNC(=NCC(C(=O)N1CCOCC1)c1ccccc1)N1CC(C)(C)C1(C)C.I. The summed E-state index contributed by atoms with van der Waals surface area (Å²) in [5.74, 6) is 0.759. The van der Waals surface area contributed by atoms with E-state index in [2.05, 4.69) is 44.8 Å². The van der Waals surface area contributed by atoms with E-state index in [1.807, 2.05) is 35.2 Å². The summed E-state index contributed by atoms with van der Waals surface area (Å²) in [5.41, 5.74) is 1.27. The van der Waals surface area contributed by atoms with Gasteiger partial charge in [-0.3, -0.25) is 9.79 Å². The summed E-state index contributed by atoms with van der Waals surface area (Å²) < 4.78 is 5.42. The van der Waals surface area contributed by atoms with Crippen LogP contribution in [0, 0.1) is 5.41 Å². The second-order valence-electron chi connectivity index (χ2n) is 9.12. The summed E-state index contributed by atoms with van der Waals surface area (Å²) in [4.78, 5) is 22.5. The lowest BCUT2D eigenvalue weighted by molar-refractivity contribution is -0.136. The lowest BCUT2D eigenvalue weighted by Gasteiger charge is -2.62. The number of ether oxygens (including phenoxy) is 1. The van der Waals surface area contributed by atoms with Gasteiger partial charge in [0, 0.05) is 37.1 Å². The Balaban J connectivity index is 0.00000320. The average molecular weight is 528 g/mol. The van der Waals surface area contributed by atoms with Crippen molar-refractivity contribution in [1.29, 1.82) is 0 Å². The molecule has 0 aliphatic carbocycles.